The summed E-state index contributed by atoms with van der Waals surface area (Å²) in [5, 5.41) is 15.4. The Morgan fingerprint density at radius 3 is 2.29 bits per heavy atom. The fraction of sp³-hybridized carbons (Fsp3) is 0.318. The highest BCUT2D eigenvalue weighted by molar-refractivity contribution is 7.15. The summed E-state index contributed by atoms with van der Waals surface area (Å²) < 4.78 is 0. The third-order valence-electron chi connectivity index (χ3n) is 4.58. The van der Waals surface area contributed by atoms with Gasteiger partial charge in [0.25, 0.3) is 0 Å². The third kappa shape index (κ3) is 4.95. The first-order chi connectivity index (χ1) is 13.4. The van der Waals surface area contributed by atoms with Crippen LogP contribution in [0.3, 0.4) is 0 Å². The highest BCUT2D eigenvalue weighted by Gasteiger charge is 2.18. The van der Waals surface area contributed by atoms with Gasteiger partial charge in [0.15, 0.2) is 0 Å². The second-order valence-corrected chi connectivity index (χ2v) is 8.73. The molecule has 3 rings (SSSR count). The van der Waals surface area contributed by atoms with Crippen LogP contribution in [0.1, 0.15) is 56.2 Å². The second kappa shape index (κ2) is 8.52. The van der Waals surface area contributed by atoms with Crippen LogP contribution in [0.2, 0.25) is 0 Å². The minimum absolute atomic E-state index is 0.0817. The number of urea groups is 1. The van der Waals surface area contributed by atoms with Gasteiger partial charge in [0.2, 0.25) is 5.13 Å². The largest absolute Gasteiger partial charge is 0.325 e. The number of carbonyl (C=O) groups is 1. The molecule has 0 unspecified atom stereocenters. The monoisotopic (exact) mass is 394 g/mol. The van der Waals surface area contributed by atoms with Crippen LogP contribution in [0, 0.1) is 0 Å². The molecule has 0 bridgehead atoms. The Hall–Kier alpha value is -2.73. The fourth-order valence-corrected chi connectivity index (χ4v) is 3.93. The van der Waals surface area contributed by atoms with Gasteiger partial charge in [-0.05, 0) is 35.1 Å². The first kappa shape index (κ1) is 20.0. The van der Waals surface area contributed by atoms with E-state index < -0.39 is 0 Å². The van der Waals surface area contributed by atoms with E-state index in [1.807, 2.05) is 42.5 Å². The van der Waals surface area contributed by atoms with E-state index in [1.54, 1.807) is 0 Å². The van der Waals surface area contributed by atoms with E-state index in [2.05, 4.69) is 60.7 Å². The minimum Gasteiger partial charge on any atom is -0.308 e. The van der Waals surface area contributed by atoms with Crippen molar-refractivity contribution in [2.75, 3.05) is 10.6 Å². The first-order valence-corrected chi connectivity index (χ1v) is 10.3. The highest BCUT2D eigenvalue weighted by atomic mass is 32.1. The van der Waals surface area contributed by atoms with Gasteiger partial charge in [-0.25, -0.2) is 4.79 Å². The number of rotatable bonds is 5. The zero-order valence-electron chi connectivity index (χ0n) is 16.7. The Kier molecular flexibility index (Phi) is 6.09. The van der Waals surface area contributed by atoms with Gasteiger partial charge in [-0.3, -0.25) is 5.32 Å². The molecular weight excluding hydrogens is 368 g/mol. The van der Waals surface area contributed by atoms with Crippen LogP contribution in [0.25, 0.3) is 0 Å². The summed E-state index contributed by atoms with van der Waals surface area (Å²) in [6.45, 7) is 8.61. The lowest BCUT2D eigenvalue weighted by atomic mass is 9.87. The van der Waals surface area contributed by atoms with Crippen LogP contribution in [-0.2, 0) is 5.41 Å². The summed E-state index contributed by atoms with van der Waals surface area (Å²) >= 11 is 1.41. The van der Waals surface area contributed by atoms with E-state index in [0.29, 0.717) is 5.13 Å². The molecule has 1 aromatic heterocycles. The van der Waals surface area contributed by atoms with Gasteiger partial charge in [0.1, 0.15) is 5.01 Å². The van der Waals surface area contributed by atoms with Gasteiger partial charge >= 0.3 is 6.03 Å². The number of nitrogens with zero attached hydrogens (tertiary/aromatic N) is 2. The molecular formula is C22H26N4OS. The Morgan fingerprint density at radius 1 is 1.00 bits per heavy atom. The Balaban J connectivity index is 1.64. The summed E-state index contributed by atoms with van der Waals surface area (Å²) in [6.07, 6.45) is 0.922. The molecule has 1 heterocycles. The molecule has 0 aliphatic carbocycles. The van der Waals surface area contributed by atoms with Crippen LogP contribution < -0.4 is 10.6 Å². The Bertz CT molecular complexity index is 914. The van der Waals surface area contributed by atoms with Crippen molar-refractivity contribution in [3.05, 3.63) is 70.7 Å². The standard InChI is InChI=1S/C22H26N4OS/c1-5-18(15-9-7-6-8-10-15)19-25-26-21(28-19)24-20(27)23-17-13-11-16(12-14-17)22(2,3)4/h6-14,18H,5H2,1-4H3,(H2,23,24,26,27)/t18-/m1/s1. The van der Waals surface area contributed by atoms with Crippen molar-refractivity contribution in [2.24, 2.45) is 0 Å². The van der Waals surface area contributed by atoms with Crippen molar-refractivity contribution < 1.29 is 4.79 Å². The van der Waals surface area contributed by atoms with Gasteiger partial charge in [0, 0.05) is 11.6 Å². The van der Waals surface area contributed by atoms with Crippen LogP contribution in [0.15, 0.2) is 54.6 Å². The summed E-state index contributed by atoms with van der Waals surface area (Å²) in [7, 11) is 0. The molecule has 2 aromatic carbocycles. The average molecular weight is 395 g/mol. The Labute approximate surface area is 170 Å². The summed E-state index contributed by atoms with van der Waals surface area (Å²) in [5.41, 5.74) is 3.25. The smallest absolute Gasteiger partial charge is 0.308 e. The summed E-state index contributed by atoms with van der Waals surface area (Å²) in [6, 6.07) is 17.8. The zero-order chi connectivity index (χ0) is 20.1. The van der Waals surface area contributed by atoms with E-state index in [-0.39, 0.29) is 17.4 Å². The molecule has 6 heteroatoms. The molecule has 2 N–H and O–H groups in total. The third-order valence-corrected chi connectivity index (χ3v) is 5.53. The summed E-state index contributed by atoms with van der Waals surface area (Å²) in [5.74, 6) is 0.183. The lowest BCUT2D eigenvalue weighted by Crippen LogP contribution is -2.19. The van der Waals surface area contributed by atoms with Gasteiger partial charge in [0.05, 0.1) is 0 Å². The maximum absolute atomic E-state index is 12.3. The lowest BCUT2D eigenvalue weighted by molar-refractivity contribution is 0.262. The molecule has 5 nitrogen and oxygen atoms in total. The number of hydrogen-bond acceptors (Lipinski definition) is 4. The number of anilines is 2. The Morgan fingerprint density at radius 2 is 1.68 bits per heavy atom. The van der Waals surface area contributed by atoms with Gasteiger partial charge in [-0.1, -0.05) is 81.5 Å². The summed E-state index contributed by atoms with van der Waals surface area (Å²) in [4.78, 5) is 12.3. The predicted octanol–water partition coefficient (Wildman–Crippen LogP) is 6.02. The number of nitrogens with one attached hydrogen (secondary N) is 2. The van der Waals surface area contributed by atoms with E-state index >= 15 is 0 Å². The molecule has 146 valence electrons. The normalized spacial score (nSPS) is 12.4. The average Bonchev–Trinajstić information content (AvgIpc) is 3.11. The number of hydrogen-bond donors (Lipinski definition) is 2. The van der Waals surface area contributed by atoms with Gasteiger partial charge in [-0.2, -0.15) is 0 Å². The molecule has 0 aliphatic rings. The molecule has 0 radical (unpaired) electrons. The maximum Gasteiger partial charge on any atom is 0.325 e. The molecule has 0 fully saturated rings. The van der Waals surface area contributed by atoms with E-state index in [4.69, 9.17) is 0 Å². The lowest BCUT2D eigenvalue weighted by Gasteiger charge is -2.19. The molecule has 2 amide bonds. The van der Waals surface area contributed by atoms with Crippen molar-refractivity contribution in [3.8, 4) is 0 Å². The number of benzene rings is 2. The van der Waals surface area contributed by atoms with Crippen LogP contribution in [-0.4, -0.2) is 16.2 Å². The SMILES string of the molecule is CC[C@H](c1ccccc1)c1nnc(NC(=O)Nc2ccc(C(C)(C)C)cc2)s1. The van der Waals surface area contributed by atoms with Crippen LogP contribution >= 0.6 is 11.3 Å². The molecule has 28 heavy (non-hydrogen) atoms. The van der Waals surface area contributed by atoms with E-state index in [0.717, 1.165) is 17.1 Å². The number of carbonyl (C=O) groups excluding carboxylic acids is 1. The van der Waals surface area contributed by atoms with E-state index in [1.165, 1.54) is 22.5 Å². The highest BCUT2D eigenvalue weighted by Crippen LogP contribution is 2.31. The number of amides is 2. The maximum atomic E-state index is 12.3. The topological polar surface area (TPSA) is 66.9 Å². The van der Waals surface area contributed by atoms with Crippen molar-refractivity contribution in [1.29, 1.82) is 0 Å². The molecule has 1 atom stereocenters. The van der Waals surface area contributed by atoms with Crippen LogP contribution in [0.4, 0.5) is 15.6 Å². The molecule has 0 spiro atoms. The fourth-order valence-electron chi connectivity index (χ4n) is 2.98. The van der Waals surface area contributed by atoms with Crippen molar-refractivity contribution in [3.63, 3.8) is 0 Å². The molecule has 3 aromatic rings. The van der Waals surface area contributed by atoms with Crippen molar-refractivity contribution >= 4 is 28.2 Å². The van der Waals surface area contributed by atoms with Crippen molar-refractivity contribution in [1.82, 2.24) is 10.2 Å². The molecule has 0 saturated heterocycles. The molecule has 0 aliphatic heterocycles. The van der Waals surface area contributed by atoms with E-state index in [9.17, 15) is 4.79 Å². The predicted molar refractivity (Wildman–Crippen MR) is 116 cm³/mol. The number of aromatic nitrogens is 2. The first-order valence-electron chi connectivity index (χ1n) is 9.43. The van der Waals surface area contributed by atoms with Crippen molar-refractivity contribution in [2.45, 2.75) is 45.4 Å². The van der Waals surface area contributed by atoms with Gasteiger partial charge in [-0.15, -0.1) is 10.2 Å². The van der Waals surface area contributed by atoms with Gasteiger partial charge < -0.3 is 5.32 Å². The quantitative estimate of drug-likeness (QED) is 0.556. The van der Waals surface area contributed by atoms with Crippen LogP contribution in [0.5, 0.6) is 0 Å². The molecule has 0 saturated carbocycles. The zero-order valence-corrected chi connectivity index (χ0v) is 17.5. The second-order valence-electron chi connectivity index (χ2n) is 7.72. The minimum atomic E-state index is -0.320.